The quantitative estimate of drug-likeness (QED) is 0.627. The molecule has 0 amide bonds. The summed E-state index contributed by atoms with van der Waals surface area (Å²) in [5.41, 5.74) is 2.29. The Morgan fingerprint density at radius 2 is 2.29 bits per heavy atom. The average Bonchev–Trinajstić information content (AvgIpc) is 2.46. The number of ether oxygens (including phenoxy) is 1. The van der Waals surface area contributed by atoms with Gasteiger partial charge in [-0.15, -0.1) is 0 Å². The molecule has 21 heavy (non-hydrogen) atoms. The number of hydrogen-bond donors (Lipinski definition) is 0. The molecule has 1 aromatic carbocycles. The second kappa shape index (κ2) is 5.29. The number of hydrogen-bond acceptors (Lipinski definition) is 5. The van der Waals surface area contributed by atoms with Crippen molar-refractivity contribution >= 4 is 22.3 Å². The lowest BCUT2D eigenvalue weighted by Gasteiger charge is -2.36. The fourth-order valence-corrected chi connectivity index (χ4v) is 2.81. The van der Waals surface area contributed by atoms with Crippen LogP contribution in [0.2, 0.25) is 0 Å². The van der Waals surface area contributed by atoms with Gasteiger partial charge in [-0.25, -0.2) is 4.98 Å². The van der Waals surface area contributed by atoms with Crippen molar-refractivity contribution < 1.29 is 9.66 Å². The number of nitro benzene ring substituents is 1. The van der Waals surface area contributed by atoms with Crippen LogP contribution < -0.4 is 4.90 Å². The number of para-hydroxylation sites is 1. The highest BCUT2D eigenvalue weighted by molar-refractivity contribution is 5.97. The minimum atomic E-state index is -0.374. The molecule has 3 rings (SSSR count). The Hall–Kier alpha value is -2.21. The molecule has 2 aromatic rings. The number of non-ortho nitro benzene ring substituents is 1. The van der Waals surface area contributed by atoms with Crippen LogP contribution in [0.4, 0.5) is 11.4 Å². The second-order valence-corrected chi connectivity index (χ2v) is 5.33. The third kappa shape index (κ3) is 2.42. The molecule has 1 atom stereocenters. The van der Waals surface area contributed by atoms with Crippen molar-refractivity contribution in [1.29, 1.82) is 0 Å². The lowest BCUT2D eigenvalue weighted by molar-refractivity contribution is -0.383. The first-order valence-corrected chi connectivity index (χ1v) is 6.97. The summed E-state index contributed by atoms with van der Waals surface area (Å²) in [6, 6.07) is 7.34. The van der Waals surface area contributed by atoms with Crippen LogP contribution in [0.25, 0.3) is 10.9 Å². The Morgan fingerprint density at radius 1 is 1.48 bits per heavy atom. The van der Waals surface area contributed by atoms with Gasteiger partial charge in [-0.05, 0) is 19.9 Å². The average molecular weight is 287 g/mol. The van der Waals surface area contributed by atoms with E-state index in [2.05, 4.69) is 16.8 Å². The SMILES string of the molecule is Cc1cc(N2CCOCC2C)c2cccc([N+](=O)[O-])c2n1. The number of pyridine rings is 1. The minimum absolute atomic E-state index is 0.0540. The third-order valence-corrected chi connectivity index (χ3v) is 3.80. The number of anilines is 1. The summed E-state index contributed by atoms with van der Waals surface area (Å²) in [7, 11) is 0. The van der Waals surface area contributed by atoms with Crippen LogP contribution in [0.5, 0.6) is 0 Å². The predicted molar refractivity (Wildman–Crippen MR) is 80.8 cm³/mol. The zero-order valence-electron chi connectivity index (χ0n) is 12.1. The molecule has 1 aliphatic heterocycles. The van der Waals surface area contributed by atoms with Crippen LogP contribution in [-0.4, -0.2) is 35.7 Å². The standard InChI is InChI=1S/C15H17N3O3/c1-10-8-14(17-6-7-21-9-11(17)2)12-4-3-5-13(18(19)20)15(12)16-10/h3-5,8,11H,6-7,9H2,1-2H3. The lowest BCUT2D eigenvalue weighted by Crippen LogP contribution is -2.43. The highest BCUT2D eigenvalue weighted by Gasteiger charge is 2.23. The van der Waals surface area contributed by atoms with E-state index >= 15 is 0 Å². The van der Waals surface area contributed by atoms with Crippen molar-refractivity contribution in [3.8, 4) is 0 Å². The van der Waals surface area contributed by atoms with Gasteiger partial charge in [0.15, 0.2) is 5.52 Å². The molecular weight excluding hydrogens is 270 g/mol. The molecular formula is C15H17N3O3. The van der Waals surface area contributed by atoms with Gasteiger partial charge in [0, 0.05) is 35.4 Å². The Morgan fingerprint density at radius 3 is 3.00 bits per heavy atom. The topological polar surface area (TPSA) is 68.5 Å². The van der Waals surface area contributed by atoms with Crippen LogP contribution in [0.15, 0.2) is 24.3 Å². The predicted octanol–water partition coefficient (Wildman–Crippen LogP) is 2.68. The number of rotatable bonds is 2. The molecule has 0 aliphatic carbocycles. The van der Waals surface area contributed by atoms with Crippen molar-refractivity contribution in [2.75, 3.05) is 24.7 Å². The first-order chi connectivity index (χ1) is 10.1. The molecule has 0 spiro atoms. The van der Waals surface area contributed by atoms with Crippen molar-refractivity contribution in [1.82, 2.24) is 4.98 Å². The van der Waals surface area contributed by atoms with E-state index < -0.39 is 0 Å². The summed E-state index contributed by atoms with van der Waals surface area (Å²) in [5.74, 6) is 0. The van der Waals surface area contributed by atoms with E-state index in [0.29, 0.717) is 18.7 Å². The Bertz CT molecular complexity index is 702. The Labute approximate surface area is 122 Å². The largest absolute Gasteiger partial charge is 0.377 e. The van der Waals surface area contributed by atoms with Crippen LogP contribution >= 0.6 is 0 Å². The first kappa shape index (κ1) is 13.8. The molecule has 1 saturated heterocycles. The number of fused-ring (bicyclic) bond motifs is 1. The number of nitro groups is 1. The molecule has 110 valence electrons. The minimum Gasteiger partial charge on any atom is -0.377 e. The summed E-state index contributed by atoms with van der Waals surface area (Å²) in [6.07, 6.45) is 0. The van der Waals surface area contributed by atoms with Gasteiger partial charge in [0.2, 0.25) is 0 Å². The van der Waals surface area contributed by atoms with Crippen LogP contribution in [-0.2, 0) is 4.74 Å². The number of aryl methyl sites for hydroxylation is 1. The summed E-state index contributed by atoms with van der Waals surface area (Å²) >= 11 is 0. The van der Waals surface area contributed by atoms with Gasteiger partial charge in [0.05, 0.1) is 18.1 Å². The summed E-state index contributed by atoms with van der Waals surface area (Å²) < 4.78 is 5.47. The van der Waals surface area contributed by atoms with Gasteiger partial charge >= 0.3 is 0 Å². The van der Waals surface area contributed by atoms with Gasteiger partial charge < -0.3 is 9.64 Å². The maximum absolute atomic E-state index is 11.2. The van der Waals surface area contributed by atoms with E-state index in [1.165, 1.54) is 6.07 Å². The van der Waals surface area contributed by atoms with Crippen molar-refractivity contribution in [3.05, 3.63) is 40.1 Å². The summed E-state index contributed by atoms with van der Waals surface area (Å²) in [6.45, 7) is 6.07. The van der Waals surface area contributed by atoms with Crippen molar-refractivity contribution in [2.24, 2.45) is 0 Å². The van der Waals surface area contributed by atoms with Crippen LogP contribution in [0.3, 0.4) is 0 Å². The molecule has 6 nitrogen and oxygen atoms in total. The molecule has 0 N–H and O–H groups in total. The van der Waals surface area contributed by atoms with E-state index in [1.54, 1.807) is 6.07 Å². The maximum atomic E-state index is 11.2. The number of aromatic nitrogens is 1. The first-order valence-electron chi connectivity index (χ1n) is 6.97. The molecule has 2 heterocycles. The van der Waals surface area contributed by atoms with Crippen molar-refractivity contribution in [3.63, 3.8) is 0 Å². The normalized spacial score (nSPS) is 19.0. The van der Waals surface area contributed by atoms with Gasteiger partial charge in [0.25, 0.3) is 5.69 Å². The molecule has 0 bridgehead atoms. The Kier molecular flexibility index (Phi) is 3.47. The second-order valence-electron chi connectivity index (χ2n) is 5.33. The molecule has 0 radical (unpaired) electrons. The smallest absolute Gasteiger partial charge is 0.295 e. The number of benzene rings is 1. The van der Waals surface area contributed by atoms with E-state index in [4.69, 9.17) is 4.74 Å². The van der Waals surface area contributed by atoms with E-state index in [0.717, 1.165) is 23.3 Å². The molecule has 1 aromatic heterocycles. The maximum Gasteiger partial charge on any atom is 0.295 e. The fourth-order valence-electron chi connectivity index (χ4n) is 2.81. The molecule has 1 aliphatic rings. The Balaban J connectivity index is 2.23. The molecule has 1 unspecified atom stereocenters. The number of nitrogens with zero attached hydrogens (tertiary/aromatic N) is 3. The monoisotopic (exact) mass is 287 g/mol. The number of morpholine rings is 1. The van der Waals surface area contributed by atoms with Gasteiger partial charge in [-0.2, -0.15) is 0 Å². The lowest BCUT2D eigenvalue weighted by atomic mass is 10.1. The zero-order valence-corrected chi connectivity index (χ0v) is 12.1. The molecule has 0 saturated carbocycles. The van der Waals surface area contributed by atoms with E-state index in [9.17, 15) is 10.1 Å². The van der Waals surface area contributed by atoms with Gasteiger partial charge in [0.1, 0.15) is 0 Å². The summed E-state index contributed by atoms with van der Waals surface area (Å²) in [5, 5.41) is 12.0. The highest BCUT2D eigenvalue weighted by Crippen LogP contribution is 2.33. The summed E-state index contributed by atoms with van der Waals surface area (Å²) in [4.78, 5) is 17.5. The third-order valence-electron chi connectivity index (χ3n) is 3.80. The van der Waals surface area contributed by atoms with Crippen LogP contribution in [0.1, 0.15) is 12.6 Å². The molecule has 6 heteroatoms. The van der Waals surface area contributed by atoms with Crippen molar-refractivity contribution in [2.45, 2.75) is 19.9 Å². The van der Waals surface area contributed by atoms with Crippen LogP contribution in [0, 0.1) is 17.0 Å². The highest BCUT2D eigenvalue weighted by atomic mass is 16.6. The van der Waals surface area contributed by atoms with E-state index in [1.807, 2.05) is 19.1 Å². The van der Waals surface area contributed by atoms with Gasteiger partial charge in [-0.3, -0.25) is 10.1 Å². The molecule has 1 fully saturated rings. The van der Waals surface area contributed by atoms with E-state index in [-0.39, 0.29) is 16.7 Å². The fraction of sp³-hybridized carbons (Fsp3) is 0.400. The zero-order chi connectivity index (χ0) is 15.0. The van der Waals surface area contributed by atoms with Gasteiger partial charge in [-0.1, -0.05) is 12.1 Å².